The van der Waals surface area contributed by atoms with E-state index in [1.807, 2.05) is 0 Å². The molecule has 0 bridgehead atoms. The fraction of sp³-hybridized carbons (Fsp3) is 0.538. The molecular weight excluding hydrogens is 220 g/mol. The molecule has 0 saturated carbocycles. The molecule has 0 spiro atoms. The van der Waals surface area contributed by atoms with Crippen LogP contribution < -0.4 is 4.74 Å². The number of unbranched alkanes of at least 4 members (excludes halogenated alkanes) is 1. The van der Waals surface area contributed by atoms with Gasteiger partial charge in [-0.2, -0.15) is 0 Å². The van der Waals surface area contributed by atoms with Crippen molar-refractivity contribution < 1.29 is 19.7 Å². The first-order valence-electron chi connectivity index (χ1n) is 5.85. The van der Waals surface area contributed by atoms with Crippen LogP contribution in [-0.2, 0) is 4.74 Å². The minimum Gasteiger partial charge on any atom is -0.507 e. The number of phenols is 1. The van der Waals surface area contributed by atoms with Gasteiger partial charge in [-0.25, -0.2) is 0 Å². The van der Waals surface area contributed by atoms with E-state index in [2.05, 4.69) is 13.0 Å². The van der Waals surface area contributed by atoms with Crippen LogP contribution in [0.3, 0.4) is 0 Å². The fourth-order valence-corrected chi connectivity index (χ4v) is 1.25. The summed E-state index contributed by atoms with van der Waals surface area (Å²) in [6, 6.07) is 7.36. The number of hydrogen-bond donors (Lipinski definition) is 2. The summed E-state index contributed by atoms with van der Waals surface area (Å²) < 4.78 is 10.5. The topological polar surface area (TPSA) is 58.9 Å². The first-order chi connectivity index (χ1) is 8.22. The molecule has 0 aromatic heterocycles. The van der Waals surface area contributed by atoms with Gasteiger partial charge >= 0.3 is 0 Å². The number of aromatic hydroxyl groups is 1. The third-order valence-corrected chi connectivity index (χ3v) is 2.20. The summed E-state index contributed by atoms with van der Waals surface area (Å²) in [5.41, 5.74) is 0. The van der Waals surface area contributed by atoms with Crippen molar-refractivity contribution in [3.05, 3.63) is 24.3 Å². The zero-order valence-corrected chi connectivity index (χ0v) is 10.1. The lowest BCUT2D eigenvalue weighted by molar-refractivity contribution is -0.108. The van der Waals surface area contributed by atoms with Crippen LogP contribution in [0.4, 0.5) is 0 Å². The van der Waals surface area contributed by atoms with Gasteiger partial charge in [0.1, 0.15) is 11.5 Å². The highest BCUT2D eigenvalue weighted by atomic mass is 16.6. The Morgan fingerprint density at radius 1 is 1.41 bits per heavy atom. The van der Waals surface area contributed by atoms with Crippen LogP contribution in [-0.4, -0.2) is 29.7 Å². The molecule has 17 heavy (non-hydrogen) atoms. The zero-order chi connectivity index (χ0) is 12.5. The summed E-state index contributed by atoms with van der Waals surface area (Å²) in [6.07, 6.45) is 1.61. The number of benzene rings is 1. The molecule has 1 radical (unpaired) electrons. The van der Waals surface area contributed by atoms with Crippen molar-refractivity contribution in [2.75, 3.05) is 13.2 Å². The molecule has 95 valence electrons. The number of phenolic OH excluding ortho intramolecular Hbond substituents is 1. The second kappa shape index (κ2) is 7.92. The molecule has 0 heterocycles. The molecule has 0 saturated heterocycles. The number of hydrogen-bond acceptors (Lipinski definition) is 4. The van der Waals surface area contributed by atoms with Crippen LogP contribution >= 0.6 is 0 Å². The molecule has 0 aliphatic rings. The number of ether oxygens (including phenoxy) is 2. The van der Waals surface area contributed by atoms with Gasteiger partial charge in [-0.3, -0.25) is 0 Å². The molecular formula is C13H19O4. The summed E-state index contributed by atoms with van der Waals surface area (Å²) in [6.45, 7) is 2.98. The Bertz CT molecular complexity index is 314. The van der Waals surface area contributed by atoms with Crippen molar-refractivity contribution in [3.8, 4) is 11.5 Å². The van der Waals surface area contributed by atoms with Crippen molar-refractivity contribution in [2.24, 2.45) is 0 Å². The molecule has 0 aliphatic heterocycles. The normalized spacial score (nSPS) is 12.4. The van der Waals surface area contributed by atoms with Gasteiger partial charge in [-0.1, -0.05) is 13.3 Å². The van der Waals surface area contributed by atoms with Gasteiger partial charge in [-0.05, 0) is 18.6 Å². The van der Waals surface area contributed by atoms with E-state index in [9.17, 15) is 5.11 Å². The Morgan fingerprint density at radius 2 is 2.24 bits per heavy atom. The van der Waals surface area contributed by atoms with Gasteiger partial charge < -0.3 is 19.7 Å². The minimum atomic E-state index is -0.787. The first-order valence-corrected chi connectivity index (χ1v) is 5.85. The third-order valence-electron chi connectivity index (χ3n) is 2.20. The summed E-state index contributed by atoms with van der Waals surface area (Å²) in [5.74, 6) is 0.601. The van der Waals surface area contributed by atoms with Crippen molar-refractivity contribution >= 4 is 0 Å². The van der Waals surface area contributed by atoms with Crippen molar-refractivity contribution in [2.45, 2.75) is 32.5 Å². The predicted molar refractivity (Wildman–Crippen MR) is 63.9 cm³/mol. The van der Waals surface area contributed by atoms with E-state index in [4.69, 9.17) is 14.6 Å². The first kappa shape index (κ1) is 13.8. The highest BCUT2D eigenvalue weighted by molar-refractivity contribution is 5.30. The van der Waals surface area contributed by atoms with Crippen LogP contribution in [0.5, 0.6) is 11.5 Å². The molecule has 1 unspecified atom stereocenters. The number of aliphatic hydroxyl groups is 1. The molecule has 4 nitrogen and oxygen atoms in total. The van der Waals surface area contributed by atoms with Gasteiger partial charge in [0.05, 0.1) is 6.61 Å². The molecule has 2 N–H and O–H groups in total. The monoisotopic (exact) mass is 239 g/mol. The predicted octanol–water partition coefficient (Wildman–Crippen LogP) is 2.10. The molecule has 1 aromatic rings. The summed E-state index contributed by atoms with van der Waals surface area (Å²) in [5, 5.41) is 18.6. The van der Waals surface area contributed by atoms with Crippen molar-refractivity contribution in [3.63, 3.8) is 0 Å². The van der Waals surface area contributed by atoms with Gasteiger partial charge in [0, 0.05) is 25.2 Å². The molecule has 1 rings (SSSR count). The van der Waals surface area contributed by atoms with Crippen molar-refractivity contribution in [1.29, 1.82) is 0 Å². The van der Waals surface area contributed by atoms with E-state index in [0.717, 1.165) is 12.8 Å². The van der Waals surface area contributed by atoms with Gasteiger partial charge in [0.25, 0.3) is 0 Å². The Balaban J connectivity index is 2.14. The Morgan fingerprint density at radius 3 is 2.94 bits per heavy atom. The van der Waals surface area contributed by atoms with E-state index in [1.165, 1.54) is 6.07 Å². The quantitative estimate of drug-likeness (QED) is 0.538. The maximum Gasteiger partial charge on any atom is 0.157 e. The number of rotatable bonds is 8. The lowest BCUT2D eigenvalue weighted by Crippen LogP contribution is -2.16. The SMILES string of the molecule is CCCCOC(O)CCOc1cc[c]c(O)c1. The van der Waals surface area contributed by atoms with Crippen LogP contribution in [0.15, 0.2) is 18.2 Å². The highest BCUT2D eigenvalue weighted by Gasteiger charge is 2.04. The minimum absolute atomic E-state index is 0.0437. The van der Waals surface area contributed by atoms with Crippen molar-refractivity contribution in [1.82, 2.24) is 0 Å². The van der Waals surface area contributed by atoms with E-state index in [-0.39, 0.29) is 5.75 Å². The maximum absolute atomic E-state index is 9.45. The second-order valence-electron chi connectivity index (χ2n) is 3.73. The fourth-order valence-electron chi connectivity index (χ4n) is 1.25. The highest BCUT2D eigenvalue weighted by Crippen LogP contribution is 2.17. The second-order valence-corrected chi connectivity index (χ2v) is 3.73. The summed E-state index contributed by atoms with van der Waals surface area (Å²) in [4.78, 5) is 0. The maximum atomic E-state index is 9.45. The lowest BCUT2D eigenvalue weighted by atomic mass is 10.3. The Hall–Kier alpha value is -1.26. The standard InChI is InChI=1S/C13H19O4/c1-2-3-8-17-13(15)7-9-16-12-6-4-5-11(14)10-12/h4,6,10,13-15H,2-3,7-9H2,1H3. The Kier molecular flexibility index (Phi) is 6.43. The average Bonchev–Trinajstić information content (AvgIpc) is 2.29. The van der Waals surface area contributed by atoms with E-state index < -0.39 is 6.29 Å². The van der Waals surface area contributed by atoms with Gasteiger partial charge in [0.15, 0.2) is 6.29 Å². The Labute approximate surface area is 102 Å². The summed E-state index contributed by atoms with van der Waals surface area (Å²) in [7, 11) is 0. The lowest BCUT2D eigenvalue weighted by Gasteiger charge is -2.12. The van der Waals surface area contributed by atoms with Crippen LogP contribution in [0.25, 0.3) is 0 Å². The summed E-state index contributed by atoms with van der Waals surface area (Å²) >= 11 is 0. The molecule has 0 amide bonds. The van der Waals surface area contributed by atoms with E-state index in [0.29, 0.717) is 25.4 Å². The largest absolute Gasteiger partial charge is 0.507 e. The molecule has 1 atom stereocenters. The molecule has 1 aromatic carbocycles. The zero-order valence-electron chi connectivity index (χ0n) is 10.1. The van der Waals surface area contributed by atoms with Crippen LogP contribution in [0.2, 0.25) is 0 Å². The van der Waals surface area contributed by atoms with Gasteiger partial charge in [-0.15, -0.1) is 0 Å². The van der Waals surface area contributed by atoms with Gasteiger partial charge in [0.2, 0.25) is 0 Å². The number of aliphatic hydroxyl groups excluding tert-OH is 1. The third kappa shape index (κ3) is 6.14. The molecule has 0 fully saturated rings. The molecule has 4 heteroatoms. The van der Waals surface area contributed by atoms with E-state index in [1.54, 1.807) is 12.1 Å². The smallest absolute Gasteiger partial charge is 0.157 e. The average molecular weight is 239 g/mol. The van der Waals surface area contributed by atoms with Crippen LogP contribution in [0.1, 0.15) is 26.2 Å². The van der Waals surface area contributed by atoms with Crippen LogP contribution in [0, 0.1) is 6.07 Å². The van der Waals surface area contributed by atoms with E-state index >= 15 is 0 Å². The molecule has 0 aliphatic carbocycles.